The smallest absolute Gasteiger partial charge is 0.0342 e. The standard InChI is InChI=1S/C14H21NS/c1-4-8-15-12-7-9-16-14-11(3)6-5-10(2)13(12)14/h5-6,12,15H,4,7-9H2,1-3H3. The summed E-state index contributed by atoms with van der Waals surface area (Å²) in [6.07, 6.45) is 2.48. The number of hydrogen-bond donors (Lipinski definition) is 1. The molecular weight excluding hydrogens is 214 g/mol. The van der Waals surface area contributed by atoms with Crippen LogP contribution < -0.4 is 5.32 Å². The Bertz CT molecular complexity index is 373. The fourth-order valence-electron chi connectivity index (χ4n) is 2.38. The van der Waals surface area contributed by atoms with Crippen molar-refractivity contribution < 1.29 is 0 Å². The first-order valence-electron chi connectivity index (χ1n) is 6.20. The van der Waals surface area contributed by atoms with Crippen molar-refractivity contribution in [3.8, 4) is 0 Å². The van der Waals surface area contributed by atoms with Gasteiger partial charge in [-0.1, -0.05) is 19.1 Å². The van der Waals surface area contributed by atoms with Crippen LogP contribution in [0.1, 0.15) is 42.5 Å². The summed E-state index contributed by atoms with van der Waals surface area (Å²) in [4.78, 5) is 1.53. The van der Waals surface area contributed by atoms with E-state index in [0.29, 0.717) is 6.04 Å². The molecule has 0 amide bonds. The van der Waals surface area contributed by atoms with Gasteiger partial charge in [-0.2, -0.15) is 0 Å². The minimum absolute atomic E-state index is 0.580. The number of fused-ring (bicyclic) bond motifs is 1. The second-order valence-corrected chi connectivity index (χ2v) is 5.69. The molecule has 1 aliphatic rings. The molecule has 1 aliphatic heterocycles. The summed E-state index contributed by atoms with van der Waals surface area (Å²) in [5.74, 6) is 1.25. The maximum Gasteiger partial charge on any atom is 0.0342 e. The van der Waals surface area contributed by atoms with Crippen LogP contribution in [0.3, 0.4) is 0 Å². The van der Waals surface area contributed by atoms with E-state index in [0.717, 1.165) is 6.54 Å². The molecule has 1 unspecified atom stereocenters. The van der Waals surface area contributed by atoms with Crippen LogP contribution in [-0.2, 0) is 0 Å². The van der Waals surface area contributed by atoms with Crippen molar-refractivity contribution in [2.75, 3.05) is 12.3 Å². The summed E-state index contributed by atoms with van der Waals surface area (Å²) >= 11 is 2.03. The van der Waals surface area contributed by atoms with E-state index in [4.69, 9.17) is 0 Å². The third-order valence-corrected chi connectivity index (χ3v) is 4.52. The van der Waals surface area contributed by atoms with Crippen molar-refractivity contribution in [3.05, 3.63) is 28.8 Å². The molecule has 1 N–H and O–H groups in total. The van der Waals surface area contributed by atoms with Crippen LogP contribution in [0.2, 0.25) is 0 Å². The highest BCUT2D eigenvalue weighted by Gasteiger charge is 2.22. The van der Waals surface area contributed by atoms with E-state index in [1.807, 2.05) is 11.8 Å². The monoisotopic (exact) mass is 235 g/mol. The van der Waals surface area contributed by atoms with E-state index in [9.17, 15) is 0 Å². The molecule has 1 aromatic carbocycles. The van der Waals surface area contributed by atoms with E-state index >= 15 is 0 Å². The molecule has 0 radical (unpaired) electrons. The number of nitrogens with one attached hydrogen (secondary N) is 1. The lowest BCUT2D eigenvalue weighted by molar-refractivity contribution is 0.507. The Morgan fingerprint density at radius 3 is 2.81 bits per heavy atom. The lowest BCUT2D eigenvalue weighted by Crippen LogP contribution is -2.26. The summed E-state index contributed by atoms with van der Waals surface area (Å²) < 4.78 is 0. The minimum Gasteiger partial charge on any atom is -0.310 e. The zero-order chi connectivity index (χ0) is 11.5. The normalized spacial score (nSPS) is 19.6. The summed E-state index contributed by atoms with van der Waals surface area (Å²) in [5, 5.41) is 3.68. The summed E-state index contributed by atoms with van der Waals surface area (Å²) in [7, 11) is 0. The first-order valence-corrected chi connectivity index (χ1v) is 7.19. The topological polar surface area (TPSA) is 12.0 Å². The maximum absolute atomic E-state index is 3.68. The minimum atomic E-state index is 0.580. The van der Waals surface area contributed by atoms with Gasteiger partial charge in [0.25, 0.3) is 0 Å². The van der Waals surface area contributed by atoms with Crippen molar-refractivity contribution >= 4 is 11.8 Å². The first kappa shape index (κ1) is 12.0. The molecule has 0 saturated carbocycles. The maximum atomic E-state index is 3.68. The van der Waals surface area contributed by atoms with Gasteiger partial charge < -0.3 is 5.32 Å². The van der Waals surface area contributed by atoms with Gasteiger partial charge >= 0.3 is 0 Å². The van der Waals surface area contributed by atoms with Crippen LogP contribution in [0, 0.1) is 13.8 Å². The quantitative estimate of drug-likeness (QED) is 0.854. The van der Waals surface area contributed by atoms with Gasteiger partial charge in [0.05, 0.1) is 0 Å². The highest BCUT2D eigenvalue weighted by Crippen LogP contribution is 2.39. The van der Waals surface area contributed by atoms with Gasteiger partial charge in [-0.3, -0.25) is 0 Å². The van der Waals surface area contributed by atoms with Crippen LogP contribution in [0.15, 0.2) is 17.0 Å². The third kappa shape index (κ3) is 2.28. The predicted molar refractivity (Wildman–Crippen MR) is 72.3 cm³/mol. The van der Waals surface area contributed by atoms with Crippen molar-refractivity contribution in [1.29, 1.82) is 0 Å². The SMILES string of the molecule is CCCNC1CCSc2c(C)ccc(C)c21. The van der Waals surface area contributed by atoms with E-state index in [-0.39, 0.29) is 0 Å². The largest absolute Gasteiger partial charge is 0.310 e. The zero-order valence-corrected chi connectivity index (χ0v) is 11.3. The lowest BCUT2D eigenvalue weighted by atomic mass is 9.96. The average molecular weight is 235 g/mol. The Morgan fingerprint density at radius 2 is 2.06 bits per heavy atom. The molecule has 16 heavy (non-hydrogen) atoms. The predicted octanol–water partition coefficient (Wildman–Crippen LogP) is 3.84. The molecule has 2 rings (SSSR count). The van der Waals surface area contributed by atoms with Crippen LogP contribution in [0.25, 0.3) is 0 Å². The fraction of sp³-hybridized carbons (Fsp3) is 0.571. The van der Waals surface area contributed by atoms with Gasteiger partial charge in [0.15, 0.2) is 0 Å². The van der Waals surface area contributed by atoms with Gasteiger partial charge in [0, 0.05) is 10.9 Å². The van der Waals surface area contributed by atoms with Gasteiger partial charge in [-0.25, -0.2) is 0 Å². The van der Waals surface area contributed by atoms with E-state index in [2.05, 4.69) is 38.2 Å². The van der Waals surface area contributed by atoms with Gasteiger partial charge in [0.2, 0.25) is 0 Å². The summed E-state index contributed by atoms with van der Waals surface area (Å²) in [6, 6.07) is 5.10. The molecule has 0 fully saturated rings. The van der Waals surface area contributed by atoms with Crippen LogP contribution in [0.5, 0.6) is 0 Å². The Hall–Kier alpha value is -0.470. The third-order valence-electron chi connectivity index (χ3n) is 3.25. The highest BCUT2D eigenvalue weighted by atomic mass is 32.2. The number of hydrogen-bond acceptors (Lipinski definition) is 2. The van der Waals surface area contributed by atoms with Crippen LogP contribution in [-0.4, -0.2) is 12.3 Å². The van der Waals surface area contributed by atoms with E-state index < -0.39 is 0 Å². The van der Waals surface area contributed by atoms with Crippen LogP contribution in [0.4, 0.5) is 0 Å². The Labute approximate surface area is 103 Å². The molecule has 88 valence electrons. The fourth-order valence-corrected chi connectivity index (χ4v) is 3.69. The Kier molecular flexibility index (Phi) is 3.93. The molecule has 0 aromatic heterocycles. The molecule has 2 heteroatoms. The number of thioether (sulfide) groups is 1. The molecule has 1 atom stereocenters. The number of rotatable bonds is 3. The van der Waals surface area contributed by atoms with Crippen molar-refractivity contribution in [1.82, 2.24) is 5.32 Å². The van der Waals surface area contributed by atoms with Crippen molar-refractivity contribution in [2.24, 2.45) is 0 Å². The zero-order valence-electron chi connectivity index (χ0n) is 10.5. The van der Waals surface area contributed by atoms with Gasteiger partial charge in [-0.15, -0.1) is 11.8 Å². The van der Waals surface area contributed by atoms with E-state index in [1.54, 1.807) is 5.56 Å². The average Bonchev–Trinajstić information content (AvgIpc) is 2.31. The van der Waals surface area contributed by atoms with E-state index in [1.165, 1.54) is 34.6 Å². The molecule has 1 aromatic rings. The highest BCUT2D eigenvalue weighted by molar-refractivity contribution is 7.99. The Morgan fingerprint density at radius 1 is 1.31 bits per heavy atom. The number of aryl methyl sites for hydroxylation is 2. The summed E-state index contributed by atoms with van der Waals surface area (Å²) in [5.41, 5.74) is 4.44. The lowest BCUT2D eigenvalue weighted by Gasteiger charge is -2.29. The number of benzene rings is 1. The van der Waals surface area contributed by atoms with Crippen LogP contribution >= 0.6 is 11.8 Å². The molecule has 1 heterocycles. The molecular formula is C14H21NS. The van der Waals surface area contributed by atoms with Gasteiger partial charge in [-0.05, 0) is 55.7 Å². The molecule has 0 bridgehead atoms. The summed E-state index contributed by atoms with van der Waals surface area (Å²) in [6.45, 7) is 7.83. The molecule has 1 nitrogen and oxygen atoms in total. The van der Waals surface area contributed by atoms with Crippen molar-refractivity contribution in [3.63, 3.8) is 0 Å². The first-order chi connectivity index (χ1) is 7.74. The second-order valence-electron chi connectivity index (χ2n) is 4.59. The molecule has 0 saturated heterocycles. The Balaban J connectivity index is 2.33. The molecule has 0 spiro atoms. The second kappa shape index (κ2) is 5.24. The molecule has 0 aliphatic carbocycles. The van der Waals surface area contributed by atoms with Gasteiger partial charge in [0.1, 0.15) is 0 Å². The van der Waals surface area contributed by atoms with Crippen molar-refractivity contribution in [2.45, 2.75) is 44.6 Å².